The average molecular weight is 284 g/mol. The molecule has 21 heavy (non-hydrogen) atoms. The molecule has 0 saturated heterocycles. The van der Waals surface area contributed by atoms with Crippen LogP contribution in [0.3, 0.4) is 0 Å². The molecule has 0 saturated carbocycles. The predicted molar refractivity (Wildman–Crippen MR) is 81.0 cm³/mol. The number of aromatic nitrogens is 4. The fourth-order valence-corrected chi connectivity index (χ4v) is 1.99. The van der Waals surface area contributed by atoms with E-state index in [2.05, 4.69) is 30.6 Å². The van der Waals surface area contributed by atoms with E-state index in [1.165, 1.54) is 0 Å². The summed E-state index contributed by atoms with van der Waals surface area (Å²) in [6.07, 6.45) is 1.57. The van der Waals surface area contributed by atoms with Gasteiger partial charge in [-0.15, -0.1) is 0 Å². The Kier molecular flexibility index (Phi) is 3.92. The van der Waals surface area contributed by atoms with Gasteiger partial charge in [0, 0.05) is 13.1 Å². The molecule has 0 bridgehead atoms. The molecule has 4 N–H and O–H groups in total. The second-order valence-electron chi connectivity index (χ2n) is 4.49. The molecular weight excluding hydrogens is 268 g/mol. The molecule has 0 aliphatic carbocycles. The first kappa shape index (κ1) is 13.3. The Bertz CT molecular complexity index is 712. The monoisotopic (exact) mass is 284 g/mol. The van der Waals surface area contributed by atoms with Gasteiger partial charge < -0.3 is 20.7 Å². The maximum Gasteiger partial charge on any atom is 0.227 e. The van der Waals surface area contributed by atoms with Gasteiger partial charge in [-0.25, -0.2) is 4.98 Å². The number of aliphatic hydroxyl groups is 1. The molecule has 1 aromatic carbocycles. The van der Waals surface area contributed by atoms with Crippen molar-refractivity contribution >= 4 is 22.9 Å². The number of anilines is 2. The molecule has 0 radical (unpaired) electrons. The highest BCUT2D eigenvalue weighted by Gasteiger charge is 2.09. The van der Waals surface area contributed by atoms with Gasteiger partial charge in [-0.05, 0) is 5.56 Å². The molecule has 0 fully saturated rings. The Morgan fingerprint density at radius 2 is 1.95 bits per heavy atom. The van der Waals surface area contributed by atoms with E-state index in [1.54, 1.807) is 6.33 Å². The molecule has 0 unspecified atom stereocenters. The van der Waals surface area contributed by atoms with Gasteiger partial charge in [0.2, 0.25) is 5.95 Å². The van der Waals surface area contributed by atoms with Crippen molar-refractivity contribution in [3.63, 3.8) is 0 Å². The van der Waals surface area contributed by atoms with E-state index in [1.807, 2.05) is 30.3 Å². The number of hydrogen-bond acceptors (Lipinski definition) is 6. The molecule has 108 valence electrons. The first-order valence-corrected chi connectivity index (χ1v) is 6.70. The SMILES string of the molecule is OCCNc1nc(NCc2ccccc2)nc2nc[nH]c12. The quantitative estimate of drug-likeness (QED) is 0.545. The first-order chi connectivity index (χ1) is 10.4. The molecule has 2 aromatic heterocycles. The van der Waals surface area contributed by atoms with Crippen LogP contribution in [-0.4, -0.2) is 38.2 Å². The lowest BCUT2D eigenvalue weighted by atomic mass is 10.2. The lowest BCUT2D eigenvalue weighted by molar-refractivity contribution is 0.311. The third-order valence-electron chi connectivity index (χ3n) is 2.98. The molecule has 3 rings (SSSR count). The minimum atomic E-state index is 0.0341. The Morgan fingerprint density at radius 3 is 2.76 bits per heavy atom. The second-order valence-corrected chi connectivity index (χ2v) is 4.49. The van der Waals surface area contributed by atoms with E-state index in [0.717, 1.165) is 11.1 Å². The molecule has 0 amide bonds. The van der Waals surface area contributed by atoms with Crippen molar-refractivity contribution in [3.8, 4) is 0 Å². The van der Waals surface area contributed by atoms with Gasteiger partial charge in [0.05, 0.1) is 12.9 Å². The highest BCUT2D eigenvalue weighted by atomic mass is 16.3. The Balaban J connectivity index is 1.81. The highest BCUT2D eigenvalue weighted by molar-refractivity contribution is 5.83. The van der Waals surface area contributed by atoms with Gasteiger partial charge in [0.25, 0.3) is 0 Å². The maximum absolute atomic E-state index is 8.92. The van der Waals surface area contributed by atoms with Crippen LogP contribution in [-0.2, 0) is 6.54 Å². The van der Waals surface area contributed by atoms with Crippen molar-refractivity contribution in [1.82, 2.24) is 19.9 Å². The lowest BCUT2D eigenvalue weighted by Crippen LogP contribution is -2.10. The molecule has 0 spiro atoms. The van der Waals surface area contributed by atoms with Crippen molar-refractivity contribution in [2.75, 3.05) is 23.8 Å². The Morgan fingerprint density at radius 1 is 1.10 bits per heavy atom. The molecule has 7 heteroatoms. The van der Waals surface area contributed by atoms with Crippen molar-refractivity contribution in [2.45, 2.75) is 6.54 Å². The van der Waals surface area contributed by atoms with Crippen molar-refractivity contribution < 1.29 is 5.11 Å². The van der Waals surface area contributed by atoms with Gasteiger partial charge >= 0.3 is 0 Å². The number of aliphatic hydroxyl groups excluding tert-OH is 1. The smallest absolute Gasteiger partial charge is 0.227 e. The molecular formula is C14H16N6O. The van der Waals surface area contributed by atoms with Gasteiger partial charge in [-0.2, -0.15) is 9.97 Å². The number of hydrogen-bond donors (Lipinski definition) is 4. The standard InChI is InChI=1S/C14H16N6O/c21-7-6-15-12-11-13(18-9-17-11)20-14(19-12)16-8-10-4-2-1-3-5-10/h1-5,9,21H,6-8H2,(H3,15,16,17,18,19,20). The van der Waals surface area contributed by atoms with E-state index in [9.17, 15) is 0 Å². The fraction of sp³-hybridized carbons (Fsp3) is 0.214. The first-order valence-electron chi connectivity index (χ1n) is 6.70. The molecule has 7 nitrogen and oxygen atoms in total. The summed E-state index contributed by atoms with van der Waals surface area (Å²) in [7, 11) is 0. The number of imidazole rings is 1. The van der Waals surface area contributed by atoms with Gasteiger partial charge in [0.15, 0.2) is 11.5 Å². The van der Waals surface area contributed by atoms with Crippen LogP contribution >= 0.6 is 0 Å². The van der Waals surface area contributed by atoms with Crippen molar-refractivity contribution in [1.29, 1.82) is 0 Å². The summed E-state index contributed by atoms with van der Waals surface area (Å²) in [4.78, 5) is 15.9. The molecule has 2 heterocycles. The summed E-state index contributed by atoms with van der Waals surface area (Å²) in [5.74, 6) is 1.13. The van der Waals surface area contributed by atoms with Crippen LogP contribution in [0.5, 0.6) is 0 Å². The van der Waals surface area contributed by atoms with E-state index < -0.39 is 0 Å². The third kappa shape index (κ3) is 3.09. The summed E-state index contributed by atoms with van der Waals surface area (Å²) in [6, 6.07) is 10.0. The maximum atomic E-state index is 8.92. The van der Waals surface area contributed by atoms with Crippen LogP contribution in [0.15, 0.2) is 36.7 Å². The molecule has 3 aromatic rings. The largest absolute Gasteiger partial charge is 0.395 e. The van der Waals surface area contributed by atoms with Crippen LogP contribution in [0, 0.1) is 0 Å². The zero-order valence-electron chi connectivity index (χ0n) is 11.4. The zero-order chi connectivity index (χ0) is 14.5. The number of nitrogens with zero attached hydrogens (tertiary/aromatic N) is 3. The summed E-state index contributed by atoms with van der Waals surface area (Å²) in [5.41, 5.74) is 2.46. The number of aromatic amines is 1. The number of H-pyrrole nitrogens is 1. The summed E-state index contributed by atoms with van der Waals surface area (Å²) < 4.78 is 0. The second kappa shape index (κ2) is 6.19. The minimum Gasteiger partial charge on any atom is -0.395 e. The van der Waals surface area contributed by atoms with Crippen LogP contribution in [0.1, 0.15) is 5.56 Å². The third-order valence-corrected chi connectivity index (χ3v) is 2.98. The fourth-order valence-electron chi connectivity index (χ4n) is 1.99. The zero-order valence-corrected chi connectivity index (χ0v) is 11.4. The lowest BCUT2D eigenvalue weighted by Gasteiger charge is -2.08. The molecule has 0 aliphatic heterocycles. The summed E-state index contributed by atoms with van der Waals surface area (Å²) in [5, 5.41) is 15.2. The highest BCUT2D eigenvalue weighted by Crippen LogP contribution is 2.18. The van der Waals surface area contributed by atoms with Crippen LogP contribution < -0.4 is 10.6 Å². The predicted octanol–water partition coefficient (Wildman–Crippen LogP) is 1.37. The van der Waals surface area contributed by atoms with Crippen LogP contribution in [0.25, 0.3) is 11.2 Å². The van der Waals surface area contributed by atoms with Gasteiger partial charge in [-0.3, -0.25) is 0 Å². The average Bonchev–Trinajstić information content (AvgIpc) is 3.00. The van der Waals surface area contributed by atoms with E-state index in [0.29, 0.717) is 30.5 Å². The Hall–Kier alpha value is -2.67. The van der Waals surface area contributed by atoms with Crippen molar-refractivity contribution in [3.05, 3.63) is 42.2 Å². The van der Waals surface area contributed by atoms with Gasteiger partial charge in [0.1, 0.15) is 5.52 Å². The normalized spacial score (nSPS) is 10.7. The van der Waals surface area contributed by atoms with Crippen LogP contribution in [0.2, 0.25) is 0 Å². The molecule has 0 atom stereocenters. The number of rotatable bonds is 6. The number of fused-ring (bicyclic) bond motifs is 1. The number of benzene rings is 1. The summed E-state index contributed by atoms with van der Waals surface area (Å²) in [6.45, 7) is 1.09. The minimum absolute atomic E-state index is 0.0341. The number of nitrogens with one attached hydrogen (secondary N) is 3. The van der Waals surface area contributed by atoms with Crippen LogP contribution in [0.4, 0.5) is 11.8 Å². The van der Waals surface area contributed by atoms with Crippen molar-refractivity contribution in [2.24, 2.45) is 0 Å². The topological polar surface area (TPSA) is 98.8 Å². The van der Waals surface area contributed by atoms with E-state index in [4.69, 9.17) is 5.11 Å². The molecule has 0 aliphatic rings. The summed E-state index contributed by atoms with van der Waals surface area (Å²) >= 11 is 0. The van der Waals surface area contributed by atoms with E-state index >= 15 is 0 Å². The van der Waals surface area contributed by atoms with Gasteiger partial charge in [-0.1, -0.05) is 30.3 Å². The van der Waals surface area contributed by atoms with E-state index in [-0.39, 0.29) is 6.61 Å². The Labute approximate surface area is 121 Å².